The van der Waals surface area contributed by atoms with E-state index in [0.717, 1.165) is 29.5 Å². The Bertz CT molecular complexity index is 1390. The van der Waals surface area contributed by atoms with Crippen LogP contribution in [0.25, 0.3) is 11.3 Å². The highest BCUT2D eigenvalue weighted by molar-refractivity contribution is 7.13. The van der Waals surface area contributed by atoms with Crippen LogP contribution in [0.15, 0.2) is 30.3 Å². The van der Waals surface area contributed by atoms with Crippen LogP contribution in [0.1, 0.15) is 38.6 Å². The van der Waals surface area contributed by atoms with Crippen molar-refractivity contribution in [1.82, 2.24) is 15.3 Å². The molecule has 0 saturated carbocycles. The summed E-state index contributed by atoms with van der Waals surface area (Å²) in [6.45, 7) is 3.01. The van der Waals surface area contributed by atoms with Crippen LogP contribution in [0.5, 0.6) is 5.75 Å². The maximum Gasteiger partial charge on any atom is 0.424 e. The van der Waals surface area contributed by atoms with Gasteiger partial charge in [-0.2, -0.15) is 13.2 Å². The summed E-state index contributed by atoms with van der Waals surface area (Å²) < 4.78 is 62.3. The molecule has 2 amide bonds. The number of nitrogens with one attached hydrogen (secondary N) is 1. The second-order valence-corrected chi connectivity index (χ2v) is 10.1. The van der Waals surface area contributed by atoms with Crippen molar-refractivity contribution >= 4 is 23.2 Å². The molecule has 8 nitrogen and oxygen atoms in total. The molecule has 1 aromatic carbocycles. The van der Waals surface area contributed by atoms with E-state index in [4.69, 9.17) is 10.5 Å². The molecule has 13 heteroatoms. The minimum Gasteiger partial charge on any atom is -0.489 e. The number of aliphatic hydroxyl groups is 1. The standard InChI is InChI=1S/C24H22F4N4O4S/c1-11-19(37-12(2)31-11)20(33)30-9-23(35,24(26,27)28)16-8-15-18(36-10-22(15,3)21(29)34)17(32-16)13-4-6-14(25)7-5-13/h4-8,35H,9-10H2,1-3H3,(H2,29,34)(H,30,33)/t22-,23?/m0/s1. The number of benzene rings is 1. The van der Waals surface area contributed by atoms with Gasteiger partial charge in [-0.25, -0.2) is 14.4 Å². The largest absolute Gasteiger partial charge is 0.489 e. The summed E-state index contributed by atoms with van der Waals surface area (Å²) in [5.74, 6) is -2.33. The van der Waals surface area contributed by atoms with Gasteiger partial charge in [0.1, 0.15) is 34.2 Å². The normalized spacial score (nSPS) is 18.6. The average Bonchev–Trinajstić information content (AvgIpc) is 3.35. The van der Waals surface area contributed by atoms with Crippen molar-refractivity contribution in [3.63, 3.8) is 0 Å². The van der Waals surface area contributed by atoms with E-state index in [1.54, 1.807) is 6.92 Å². The van der Waals surface area contributed by atoms with Gasteiger partial charge in [-0.05, 0) is 51.1 Å². The molecular formula is C24H22F4N4O4S. The summed E-state index contributed by atoms with van der Waals surface area (Å²) in [6.07, 6.45) is -5.30. The zero-order chi connectivity index (χ0) is 27.3. The van der Waals surface area contributed by atoms with Crippen molar-refractivity contribution < 1.29 is 37.0 Å². The SMILES string of the molecule is Cc1nc(C)c(C(=O)NCC(O)(c2cc3c(c(-c4ccc(F)cc4)n2)OC[C@]3(C)C(N)=O)C(F)(F)F)s1. The first-order valence-electron chi connectivity index (χ1n) is 10.9. The summed E-state index contributed by atoms with van der Waals surface area (Å²) in [5.41, 5.74) is -0.212. The number of aromatic nitrogens is 2. The van der Waals surface area contributed by atoms with Crippen LogP contribution in [0.2, 0.25) is 0 Å². The number of ether oxygens (including phenoxy) is 1. The van der Waals surface area contributed by atoms with Gasteiger partial charge in [0.25, 0.3) is 5.91 Å². The average molecular weight is 539 g/mol. The van der Waals surface area contributed by atoms with Gasteiger partial charge in [-0.15, -0.1) is 11.3 Å². The lowest BCUT2D eigenvalue weighted by atomic mass is 9.81. The predicted molar refractivity (Wildman–Crippen MR) is 126 cm³/mol. The zero-order valence-corrected chi connectivity index (χ0v) is 20.7. The summed E-state index contributed by atoms with van der Waals surface area (Å²) >= 11 is 0.996. The van der Waals surface area contributed by atoms with Crippen LogP contribution in [0.3, 0.4) is 0 Å². The number of carbonyl (C=O) groups excluding carboxylic acids is 2. The van der Waals surface area contributed by atoms with Crippen LogP contribution in [-0.4, -0.2) is 46.2 Å². The maximum absolute atomic E-state index is 14.4. The molecule has 2 aromatic heterocycles. The van der Waals surface area contributed by atoms with Crippen molar-refractivity contribution in [3.05, 3.63) is 63.0 Å². The Morgan fingerprint density at radius 2 is 1.86 bits per heavy atom. The number of fused-ring (bicyclic) bond motifs is 1. The van der Waals surface area contributed by atoms with E-state index in [-0.39, 0.29) is 34.1 Å². The fourth-order valence-corrected chi connectivity index (χ4v) is 4.81. The van der Waals surface area contributed by atoms with Gasteiger partial charge in [0.05, 0.1) is 22.9 Å². The monoisotopic (exact) mass is 538 g/mol. The fraction of sp³-hybridized carbons (Fsp3) is 0.333. The van der Waals surface area contributed by atoms with Gasteiger partial charge in [-0.1, -0.05) is 0 Å². The summed E-state index contributed by atoms with van der Waals surface area (Å²) in [5, 5.41) is 13.7. The molecule has 3 heterocycles. The lowest BCUT2D eigenvalue weighted by Crippen LogP contribution is -2.51. The second kappa shape index (κ2) is 9.06. The molecule has 0 radical (unpaired) electrons. The third-order valence-corrected chi connectivity index (χ3v) is 7.31. The molecule has 0 aliphatic carbocycles. The van der Waals surface area contributed by atoms with Crippen LogP contribution in [-0.2, 0) is 15.8 Å². The first-order chi connectivity index (χ1) is 17.2. The van der Waals surface area contributed by atoms with E-state index in [9.17, 15) is 32.3 Å². The molecule has 0 fully saturated rings. The molecule has 196 valence electrons. The van der Waals surface area contributed by atoms with E-state index >= 15 is 0 Å². The minimum atomic E-state index is -5.30. The van der Waals surface area contributed by atoms with E-state index in [1.165, 1.54) is 26.0 Å². The van der Waals surface area contributed by atoms with Gasteiger partial charge in [-0.3, -0.25) is 9.59 Å². The molecule has 4 rings (SSSR count). The van der Waals surface area contributed by atoms with Crippen molar-refractivity contribution in [1.29, 1.82) is 0 Å². The number of rotatable bonds is 6. The number of pyridine rings is 1. The number of halogens is 4. The van der Waals surface area contributed by atoms with Gasteiger partial charge in [0.15, 0.2) is 0 Å². The number of thiazole rings is 1. The third kappa shape index (κ3) is 4.53. The van der Waals surface area contributed by atoms with Crippen molar-refractivity contribution in [2.75, 3.05) is 13.2 Å². The number of hydrogen-bond acceptors (Lipinski definition) is 7. The Balaban J connectivity index is 1.85. The first-order valence-corrected chi connectivity index (χ1v) is 11.7. The fourth-order valence-electron chi connectivity index (χ4n) is 3.97. The molecule has 3 aromatic rings. The number of nitrogens with zero attached hydrogens (tertiary/aromatic N) is 2. The van der Waals surface area contributed by atoms with Gasteiger partial charge >= 0.3 is 6.18 Å². The minimum absolute atomic E-state index is 0.0130. The highest BCUT2D eigenvalue weighted by Gasteiger charge is 2.57. The smallest absolute Gasteiger partial charge is 0.424 e. The molecular weight excluding hydrogens is 516 g/mol. The Morgan fingerprint density at radius 3 is 2.41 bits per heavy atom. The molecule has 4 N–H and O–H groups in total. The van der Waals surface area contributed by atoms with E-state index in [0.29, 0.717) is 10.7 Å². The molecule has 1 aliphatic heterocycles. The van der Waals surface area contributed by atoms with Crippen LogP contribution in [0.4, 0.5) is 17.6 Å². The molecule has 0 spiro atoms. The summed E-state index contributed by atoms with van der Waals surface area (Å²) in [7, 11) is 0. The molecule has 0 bridgehead atoms. The number of aryl methyl sites for hydroxylation is 2. The van der Waals surface area contributed by atoms with Crippen LogP contribution in [0, 0.1) is 19.7 Å². The molecule has 1 unspecified atom stereocenters. The lowest BCUT2D eigenvalue weighted by molar-refractivity contribution is -0.265. The Morgan fingerprint density at radius 1 is 1.22 bits per heavy atom. The molecule has 1 aliphatic rings. The number of primary amides is 1. The topological polar surface area (TPSA) is 127 Å². The molecule has 2 atom stereocenters. The Labute approximate surface area is 212 Å². The van der Waals surface area contributed by atoms with Crippen LogP contribution < -0.4 is 15.8 Å². The van der Waals surface area contributed by atoms with Crippen molar-refractivity contribution in [2.24, 2.45) is 5.73 Å². The van der Waals surface area contributed by atoms with Gasteiger partial charge in [0, 0.05) is 11.1 Å². The number of amides is 2. The number of carbonyl (C=O) groups is 2. The first kappa shape index (κ1) is 26.5. The highest BCUT2D eigenvalue weighted by Crippen LogP contribution is 2.47. The zero-order valence-electron chi connectivity index (χ0n) is 19.9. The Hall–Kier alpha value is -3.58. The van der Waals surface area contributed by atoms with E-state index in [2.05, 4.69) is 15.3 Å². The van der Waals surface area contributed by atoms with Crippen molar-refractivity contribution in [3.8, 4) is 17.0 Å². The number of hydrogen-bond donors (Lipinski definition) is 3. The summed E-state index contributed by atoms with van der Waals surface area (Å²) in [6, 6.07) is 5.60. The molecule has 37 heavy (non-hydrogen) atoms. The third-order valence-electron chi connectivity index (χ3n) is 6.24. The highest BCUT2D eigenvalue weighted by atomic mass is 32.1. The van der Waals surface area contributed by atoms with E-state index < -0.39 is 47.1 Å². The Kier molecular flexibility index (Phi) is 6.49. The predicted octanol–water partition coefficient (Wildman–Crippen LogP) is 3.28. The van der Waals surface area contributed by atoms with E-state index in [1.807, 2.05) is 0 Å². The second-order valence-electron chi connectivity index (χ2n) is 8.91. The molecule has 0 saturated heterocycles. The van der Waals surface area contributed by atoms with Crippen molar-refractivity contribution in [2.45, 2.75) is 38.0 Å². The van der Waals surface area contributed by atoms with Gasteiger partial charge < -0.3 is 20.9 Å². The number of alkyl halides is 3. The van der Waals surface area contributed by atoms with Gasteiger partial charge in [0.2, 0.25) is 11.5 Å². The quantitative estimate of drug-likeness (QED) is 0.414. The maximum atomic E-state index is 14.4. The lowest BCUT2D eigenvalue weighted by Gasteiger charge is -2.31. The summed E-state index contributed by atoms with van der Waals surface area (Å²) in [4.78, 5) is 33.1. The number of nitrogens with two attached hydrogens (primary N) is 1. The van der Waals surface area contributed by atoms with Crippen LogP contribution >= 0.6 is 11.3 Å².